The normalized spacial score (nSPS) is 18.0. The predicted octanol–water partition coefficient (Wildman–Crippen LogP) is 3.09. The Morgan fingerprint density at radius 1 is 1.20 bits per heavy atom. The minimum Gasteiger partial charge on any atom is -0.496 e. The standard InChI is InChI=1S/C19H20FN3O2/c1-23-6-5-12-13(14-7-11(20)3-4-18(14)25-2)8-15-17(22-24)9-21-19(15)16(12)10-23/h3-4,7-8,21,24H,5-6,9-10H2,1-2H3/b22-17-. The molecular formula is C19H20FN3O2. The number of hydrogen-bond donors (Lipinski definition) is 2. The van der Waals surface area contributed by atoms with Gasteiger partial charge in [0.15, 0.2) is 0 Å². The molecule has 0 aliphatic carbocycles. The van der Waals surface area contributed by atoms with Crippen LogP contribution in [0.1, 0.15) is 16.7 Å². The molecule has 0 amide bonds. The number of rotatable bonds is 2. The van der Waals surface area contributed by atoms with Crippen molar-refractivity contribution in [2.24, 2.45) is 5.16 Å². The fourth-order valence-electron chi connectivity index (χ4n) is 3.81. The van der Waals surface area contributed by atoms with Gasteiger partial charge in [-0.15, -0.1) is 0 Å². The molecule has 2 heterocycles. The molecule has 0 fully saturated rings. The second-order valence-corrected chi connectivity index (χ2v) is 6.54. The molecule has 2 aliphatic heterocycles. The van der Waals surface area contributed by atoms with Gasteiger partial charge in [0.2, 0.25) is 0 Å². The zero-order chi connectivity index (χ0) is 17.6. The first-order valence-corrected chi connectivity index (χ1v) is 8.28. The second kappa shape index (κ2) is 6.04. The SMILES string of the molecule is COc1ccc(F)cc1-c1cc2c(c3c1CCN(C)C3)NC/C2=N/O. The highest BCUT2D eigenvalue weighted by Crippen LogP contribution is 2.42. The average Bonchev–Trinajstić information content (AvgIpc) is 3.04. The summed E-state index contributed by atoms with van der Waals surface area (Å²) in [6.45, 7) is 2.23. The highest BCUT2D eigenvalue weighted by Gasteiger charge is 2.29. The van der Waals surface area contributed by atoms with Gasteiger partial charge in [-0.2, -0.15) is 0 Å². The average molecular weight is 341 g/mol. The lowest BCUT2D eigenvalue weighted by atomic mass is 9.87. The van der Waals surface area contributed by atoms with E-state index in [1.807, 2.05) is 6.07 Å². The molecule has 0 saturated carbocycles. The number of nitrogens with zero attached hydrogens (tertiary/aromatic N) is 2. The van der Waals surface area contributed by atoms with Crippen molar-refractivity contribution < 1.29 is 14.3 Å². The first-order chi connectivity index (χ1) is 12.1. The number of fused-ring (bicyclic) bond motifs is 3. The Bertz CT molecular complexity index is 879. The largest absolute Gasteiger partial charge is 0.496 e. The summed E-state index contributed by atoms with van der Waals surface area (Å²) in [5.74, 6) is 0.336. The maximum atomic E-state index is 13.9. The van der Waals surface area contributed by atoms with Crippen LogP contribution in [-0.2, 0) is 13.0 Å². The van der Waals surface area contributed by atoms with Crippen molar-refractivity contribution in [1.29, 1.82) is 0 Å². The molecule has 25 heavy (non-hydrogen) atoms. The number of methoxy groups -OCH3 is 1. The first kappa shape index (κ1) is 15.9. The number of halogens is 1. The summed E-state index contributed by atoms with van der Waals surface area (Å²) >= 11 is 0. The third-order valence-corrected chi connectivity index (χ3v) is 5.04. The number of benzene rings is 2. The summed E-state index contributed by atoms with van der Waals surface area (Å²) in [5, 5.41) is 16.1. The molecule has 2 aliphatic rings. The van der Waals surface area contributed by atoms with Gasteiger partial charge >= 0.3 is 0 Å². The minimum absolute atomic E-state index is 0.299. The summed E-state index contributed by atoms with van der Waals surface area (Å²) in [6, 6.07) is 6.56. The number of likely N-dealkylation sites (N-methyl/N-ethyl adjacent to an activating group) is 1. The van der Waals surface area contributed by atoms with Gasteiger partial charge in [-0.25, -0.2) is 4.39 Å². The summed E-state index contributed by atoms with van der Waals surface area (Å²) in [5.41, 5.74) is 6.56. The van der Waals surface area contributed by atoms with Gasteiger partial charge in [0.25, 0.3) is 0 Å². The van der Waals surface area contributed by atoms with Crippen LogP contribution in [0.15, 0.2) is 29.4 Å². The Balaban J connectivity index is 2.01. The molecule has 0 saturated heterocycles. The molecule has 6 heteroatoms. The number of oxime groups is 1. The molecule has 5 nitrogen and oxygen atoms in total. The third-order valence-electron chi connectivity index (χ3n) is 5.04. The molecule has 0 unspecified atom stereocenters. The van der Waals surface area contributed by atoms with Gasteiger partial charge in [0, 0.05) is 29.9 Å². The van der Waals surface area contributed by atoms with Gasteiger partial charge in [-0.3, -0.25) is 0 Å². The summed E-state index contributed by atoms with van der Waals surface area (Å²) in [4.78, 5) is 2.25. The van der Waals surface area contributed by atoms with Crippen LogP contribution in [0, 0.1) is 5.82 Å². The molecule has 0 atom stereocenters. The zero-order valence-corrected chi connectivity index (χ0v) is 14.3. The molecule has 0 spiro atoms. The van der Waals surface area contributed by atoms with Crippen molar-refractivity contribution >= 4 is 11.4 Å². The fraction of sp³-hybridized carbons (Fsp3) is 0.316. The number of hydrogen-bond acceptors (Lipinski definition) is 5. The molecule has 130 valence electrons. The maximum Gasteiger partial charge on any atom is 0.126 e. The van der Waals surface area contributed by atoms with Crippen molar-refractivity contribution in [3.05, 3.63) is 46.8 Å². The summed E-state index contributed by atoms with van der Waals surface area (Å²) < 4.78 is 19.4. The highest BCUT2D eigenvalue weighted by molar-refractivity contribution is 6.13. The van der Waals surface area contributed by atoms with Crippen LogP contribution in [0.5, 0.6) is 5.75 Å². The van der Waals surface area contributed by atoms with Gasteiger partial charge in [0.1, 0.15) is 17.3 Å². The van der Waals surface area contributed by atoms with Gasteiger partial charge in [-0.1, -0.05) is 5.16 Å². The zero-order valence-electron chi connectivity index (χ0n) is 14.3. The number of anilines is 1. The van der Waals surface area contributed by atoms with Crippen molar-refractivity contribution in [2.75, 3.05) is 32.6 Å². The lowest BCUT2D eigenvalue weighted by Crippen LogP contribution is -2.27. The van der Waals surface area contributed by atoms with Crippen LogP contribution in [0.2, 0.25) is 0 Å². The van der Waals surface area contributed by atoms with Crippen molar-refractivity contribution in [3.63, 3.8) is 0 Å². The van der Waals surface area contributed by atoms with Gasteiger partial charge in [-0.05, 0) is 54.4 Å². The fourth-order valence-corrected chi connectivity index (χ4v) is 3.81. The molecule has 4 rings (SSSR count). The smallest absolute Gasteiger partial charge is 0.126 e. The highest BCUT2D eigenvalue weighted by atomic mass is 19.1. The molecular weight excluding hydrogens is 321 g/mol. The Labute approximate surface area is 145 Å². The van der Waals surface area contributed by atoms with E-state index in [0.29, 0.717) is 18.0 Å². The van der Waals surface area contributed by atoms with Crippen LogP contribution < -0.4 is 10.1 Å². The van der Waals surface area contributed by atoms with Crippen LogP contribution in [-0.4, -0.2) is 43.1 Å². The topological polar surface area (TPSA) is 57.1 Å². The summed E-state index contributed by atoms with van der Waals surface area (Å²) in [6.07, 6.45) is 0.876. The van der Waals surface area contributed by atoms with E-state index in [1.165, 1.54) is 23.3 Å². The predicted molar refractivity (Wildman–Crippen MR) is 95.2 cm³/mol. The third kappa shape index (κ3) is 2.53. The Hall–Kier alpha value is -2.60. The van der Waals surface area contributed by atoms with Crippen LogP contribution >= 0.6 is 0 Å². The monoisotopic (exact) mass is 341 g/mol. The first-order valence-electron chi connectivity index (χ1n) is 8.28. The van der Waals surface area contributed by atoms with Crippen LogP contribution in [0.3, 0.4) is 0 Å². The molecule has 0 radical (unpaired) electrons. The molecule has 0 bridgehead atoms. The molecule has 2 aromatic rings. The van der Waals surface area contributed by atoms with Crippen molar-refractivity contribution in [1.82, 2.24) is 4.90 Å². The van der Waals surface area contributed by atoms with E-state index in [1.54, 1.807) is 13.2 Å². The Morgan fingerprint density at radius 2 is 2.04 bits per heavy atom. The number of ether oxygens (including phenoxy) is 1. The van der Waals surface area contributed by atoms with E-state index in [2.05, 4.69) is 22.4 Å². The maximum absolute atomic E-state index is 13.9. The van der Waals surface area contributed by atoms with E-state index in [4.69, 9.17) is 4.74 Å². The molecule has 2 aromatic carbocycles. The lowest BCUT2D eigenvalue weighted by Gasteiger charge is -2.29. The van der Waals surface area contributed by atoms with Crippen molar-refractivity contribution in [2.45, 2.75) is 13.0 Å². The number of nitrogens with one attached hydrogen (secondary N) is 1. The van der Waals surface area contributed by atoms with E-state index in [9.17, 15) is 9.60 Å². The van der Waals surface area contributed by atoms with E-state index in [-0.39, 0.29) is 5.82 Å². The molecule has 0 aromatic heterocycles. The van der Waals surface area contributed by atoms with E-state index >= 15 is 0 Å². The van der Waals surface area contributed by atoms with Gasteiger partial charge in [0.05, 0.1) is 13.7 Å². The second-order valence-electron chi connectivity index (χ2n) is 6.54. The quantitative estimate of drug-likeness (QED) is 0.651. The van der Waals surface area contributed by atoms with Crippen LogP contribution in [0.25, 0.3) is 11.1 Å². The Kier molecular flexibility index (Phi) is 3.84. The van der Waals surface area contributed by atoms with E-state index in [0.717, 1.165) is 41.9 Å². The van der Waals surface area contributed by atoms with Crippen LogP contribution in [0.4, 0.5) is 10.1 Å². The van der Waals surface area contributed by atoms with Gasteiger partial charge < -0.3 is 20.2 Å². The summed E-state index contributed by atoms with van der Waals surface area (Å²) in [7, 11) is 3.67. The minimum atomic E-state index is -0.299. The van der Waals surface area contributed by atoms with E-state index < -0.39 is 0 Å². The Morgan fingerprint density at radius 3 is 2.80 bits per heavy atom. The van der Waals surface area contributed by atoms with Crippen molar-refractivity contribution in [3.8, 4) is 16.9 Å². The lowest BCUT2D eigenvalue weighted by molar-refractivity contribution is 0.314. The molecule has 2 N–H and O–H groups in total.